The number of amidine groups is 1. The molecule has 4 heteroatoms. The Balaban J connectivity index is 3.66. The van der Waals surface area contributed by atoms with Crippen LogP contribution in [0.1, 0.15) is 72.6 Å². The van der Waals surface area contributed by atoms with Crippen LogP contribution in [0.5, 0.6) is 0 Å². The van der Waals surface area contributed by atoms with Crippen LogP contribution in [-0.4, -0.2) is 24.3 Å². The predicted octanol–water partition coefficient (Wildman–Crippen LogP) is 4.16. The van der Waals surface area contributed by atoms with Gasteiger partial charge in [-0.1, -0.05) is 58.5 Å². The fraction of sp³-hybridized carbons (Fsp3) is 0.938. The standard InChI is InChI=1S/C16H34N2O2/c1-5-7-10-14(6-2)13-20-12-9-8-11-16(3,4)15(17)18-19/h14,19H,5-13H2,1-4H3,(H2,17,18). The molecule has 0 aliphatic heterocycles. The van der Waals surface area contributed by atoms with Gasteiger partial charge in [-0.2, -0.15) is 0 Å². The molecule has 0 fully saturated rings. The lowest BCUT2D eigenvalue weighted by Crippen LogP contribution is -2.31. The number of rotatable bonds is 12. The number of nitrogens with zero attached hydrogens (tertiary/aromatic N) is 1. The Kier molecular flexibility index (Phi) is 10.5. The van der Waals surface area contributed by atoms with Gasteiger partial charge in [-0.25, -0.2) is 0 Å². The summed E-state index contributed by atoms with van der Waals surface area (Å²) in [5, 5.41) is 11.8. The number of hydrogen-bond donors (Lipinski definition) is 2. The van der Waals surface area contributed by atoms with Crippen LogP contribution in [0.2, 0.25) is 0 Å². The molecule has 0 heterocycles. The lowest BCUT2D eigenvalue weighted by atomic mass is 9.86. The van der Waals surface area contributed by atoms with Gasteiger partial charge in [0, 0.05) is 18.6 Å². The van der Waals surface area contributed by atoms with Crippen LogP contribution in [-0.2, 0) is 4.74 Å². The topological polar surface area (TPSA) is 67.8 Å². The minimum absolute atomic E-state index is 0.234. The molecule has 0 rings (SSSR count). The zero-order chi connectivity index (χ0) is 15.4. The summed E-state index contributed by atoms with van der Waals surface area (Å²) in [7, 11) is 0. The summed E-state index contributed by atoms with van der Waals surface area (Å²) in [4.78, 5) is 0. The van der Waals surface area contributed by atoms with E-state index >= 15 is 0 Å². The molecule has 120 valence electrons. The first-order valence-electron chi connectivity index (χ1n) is 8.03. The van der Waals surface area contributed by atoms with Crippen molar-refractivity contribution in [3.8, 4) is 0 Å². The summed E-state index contributed by atoms with van der Waals surface area (Å²) in [5.41, 5.74) is 5.43. The molecular weight excluding hydrogens is 252 g/mol. The Morgan fingerprint density at radius 1 is 1.25 bits per heavy atom. The number of oxime groups is 1. The smallest absolute Gasteiger partial charge is 0.144 e. The molecular formula is C16H34N2O2. The van der Waals surface area contributed by atoms with Crippen molar-refractivity contribution in [1.29, 1.82) is 0 Å². The van der Waals surface area contributed by atoms with Gasteiger partial charge in [0.05, 0.1) is 0 Å². The summed E-state index contributed by atoms with van der Waals surface area (Å²) in [6.45, 7) is 10.2. The third-order valence-electron chi connectivity index (χ3n) is 4.04. The molecule has 0 aromatic carbocycles. The Labute approximate surface area is 124 Å². The van der Waals surface area contributed by atoms with Crippen LogP contribution in [0, 0.1) is 11.3 Å². The quantitative estimate of drug-likeness (QED) is 0.186. The number of unbranched alkanes of at least 4 members (excludes halogenated alkanes) is 2. The van der Waals surface area contributed by atoms with Gasteiger partial charge in [0.1, 0.15) is 5.84 Å². The third kappa shape index (κ3) is 8.41. The summed E-state index contributed by atoms with van der Waals surface area (Å²) < 4.78 is 5.77. The molecule has 0 aromatic heterocycles. The second-order valence-electron chi connectivity index (χ2n) is 6.32. The van der Waals surface area contributed by atoms with Crippen LogP contribution >= 0.6 is 0 Å². The first-order chi connectivity index (χ1) is 9.47. The van der Waals surface area contributed by atoms with Gasteiger partial charge in [0.15, 0.2) is 0 Å². The summed E-state index contributed by atoms with van der Waals surface area (Å²) in [6.07, 6.45) is 8.04. The Bertz CT molecular complexity index is 265. The average Bonchev–Trinajstić information content (AvgIpc) is 2.44. The molecule has 1 unspecified atom stereocenters. The van der Waals surface area contributed by atoms with Crippen LogP contribution in [0.4, 0.5) is 0 Å². The molecule has 0 aromatic rings. The lowest BCUT2D eigenvalue weighted by molar-refractivity contribution is 0.0899. The van der Waals surface area contributed by atoms with E-state index in [2.05, 4.69) is 19.0 Å². The van der Waals surface area contributed by atoms with Crippen LogP contribution in [0.25, 0.3) is 0 Å². The maximum absolute atomic E-state index is 8.71. The molecule has 0 aliphatic carbocycles. The van der Waals surface area contributed by atoms with E-state index in [1.165, 1.54) is 25.7 Å². The predicted molar refractivity (Wildman–Crippen MR) is 85.2 cm³/mol. The molecule has 1 atom stereocenters. The van der Waals surface area contributed by atoms with Crippen LogP contribution in [0.3, 0.4) is 0 Å². The highest BCUT2D eigenvalue weighted by molar-refractivity contribution is 5.85. The van der Waals surface area contributed by atoms with Crippen molar-refractivity contribution in [2.45, 2.75) is 72.6 Å². The van der Waals surface area contributed by atoms with Gasteiger partial charge in [-0.15, -0.1) is 0 Å². The van der Waals surface area contributed by atoms with E-state index in [9.17, 15) is 0 Å². The lowest BCUT2D eigenvalue weighted by Gasteiger charge is -2.22. The normalized spacial score (nSPS) is 14.5. The van der Waals surface area contributed by atoms with Crippen molar-refractivity contribution in [3.63, 3.8) is 0 Å². The largest absolute Gasteiger partial charge is 0.409 e. The molecule has 20 heavy (non-hydrogen) atoms. The van der Waals surface area contributed by atoms with E-state index in [0.29, 0.717) is 11.8 Å². The van der Waals surface area contributed by atoms with Gasteiger partial charge in [-0.3, -0.25) is 0 Å². The molecule has 4 nitrogen and oxygen atoms in total. The van der Waals surface area contributed by atoms with Crippen LogP contribution in [0.15, 0.2) is 5.16 Å². The van der Waals surface area contributed by atoms with Crippen molar-refractivity contribution in [2.24, 2.45) is 22.2 Å². The highest BCUT2D eigenvalue weighted by atomic mass is 16.5. The minimum atomic E-state index is -0.234. The maximum atomic E-state index is 8.71. The van der Waals surface area contributed by atoms with Crippen molar-refractivity contribution < 1.29 is 9.94 Å². The molecule has 0 amide bonds. The molecule has 0 radical (unpaired) electrons. The molecule has 0 aliphatic rings. The molecule has 0 spiro atoms. The molecule has 0 saturated heterocycles. The Morgan fingerprint density at radius 2 is 1.95 bits per heavy atom. The molecule has 0 bridgehead atoms. The summed E-state index contributed by atoms with van der Waals surface area (Å²) in [5.74, 6) is 1.02. The van der Waals surface area contributed by atoms with E-state index in [1.54, 1.807) is 0 Å². The number of nitrogens with two attached hydrogens (primary N) is 1. The van der Waals surface area contributed by atoms with Crippen molar-refractivity contribution in [2.75, 3.05) is 13.2 Å². The van der Waals surface area contributed by atoms with Gasteiger partial charge < -0.3 is 15.7 Å². The highest BCUT2D eigenvalue weighted by Crippen LogP contribution is 2.23. The number of ether oxygens (including phenoxy) is 1. The van der Waals surface area contributed by atoms with E-state index in [1.807, 2.05) is 13.8 Å². The van der Waals surface area contributed by atoms with Crippen LogP contribution < -0.4 is 5.73 Å². The molecule has 3 N–H and O–H groups in total. The average molecular weight is 286 g/mol. The second-order valence-corrected chi connectivity index (χ2v) is 6.32. The number of hydrogen-bond acceptors (Lipinski definition) is 3. The maximum Gasteiger partial charge on any atom is 0.144 e. The fourth-order valence-electron chi connectivity index (χ4n) is 2.18. The van der Waals surface area contributed by atoms with Crippen molar-refractivity contribution >= 4 is 5.84 Å². The first kappa shape index (κ1) is 19.2. The van der Waals surface area contributed by atoms with Crippen molar-refractivity contribution in [3.05, 3.63) is 0 Å². The van der Waals surface area contributed by atoms with Gasteiger partial charge >= 0.3 is 0 Å². The summed E-state index contributed by atoms with van der Waals surface area (Å²) in [6, 6.07) is 0. The van der Waals surface area contributed by atoms with Gasteiger partial charge in [-0.05, 0) is 25.2 Å². The molecule has 0 saturated carbocycles. The second kappa shape index (κ2) is 11.0. The zero-order valence-corrected chi connectivity index (χ0v) is 13.8. The van der Waals surface area contributed by atoms with Gasteiger partial charge in [0.25, 0.3) is 0 Å². The minimum Gasteiger partial charge on any atom is -0.409 e. The SMILES string of the molecule is CCCCC(CC)COCCCCC(C)(C)C(N)=NO. The zero-order valence-electron chi connectivity index (χ0n) is 13.8. The third-order valence-corrected chi connectivity index (χ3v) is 4.04. The summed E-state index contributed by atoms with van der Waals surface area (Å²) >= 11 is 0. The Morgan fingerprint density at radius 3 is 2.50 bits per heavy atom. The fourth-order valence-corrected chi connectivity index (χ4v) is 2.18. The monoisotopic (exact) mass is 286 g/mol. The van der Waals surface area contributed by atoms with E-state index in [0.717, 1.165) is 32.5 Å². The van der Waals surface area contributed by atoms with Crippen molar-refractivity contribution in [1.82, 2.24) is 0 Å². The van der Waals surface area contributed by atoms with Gasteiger partial charge in [0.2, 0.25) is 0 Å². The first-order valence-corrected chi connectivity index (χ1v) is 8.03. The highest BCUT2D eigenvalue weighted by Gasteiger charge is 2.22. The van der Waals surface area contributed by atoms with E-state index in [-0.39, 0.29) is 5.41 Å². The Hall–Kier alpha value is -0.770. The van der Waals surface area contributed by atoms with E-state index < -0.39 is 0 Å². The van der Waals surface area contributed by atoms with E-state index in [4.69, 9.17) is 15.7 Å².